The van der Waals surface area contributed by atoms with Crippen LogP contribution in [0.1, 0.15) is 27.3 Å². The van der Waals surface area contributed by atoms with Crippen LogP contribution in [-0.2, 0) is 6.42 Å². The van der Waals surface area contributed by atoms with Gasteiger partial charge in [0.2, 0.25) is 0 Å². The van der Waals surface area contributed by atoms with Crippen LogP contribution >= 0.6 is 0 Å². The van der Waals surface area contributed by atoms with Crippen molar-refractivity contribution in [2.75, 3.05) is 5.32 Å². The van der Waals surface area contributed by atoms with Gasteiger partial charge in [0.05, 0.1) is 0 Å². The second kappa shape index (κ2) is 8.39. The molecule has 0 atom stereocenters. The molecular weight excluding hydrogens is 411 g/mol. The van der Waals surface area contributed by atoms with Gasteiger partial charge in [-0.2, -0.15) is 0 Å². The van der Waals surface area contributed by atoms with Gasteiger partial charge in [-0.05, 0) is 0 Å². The Morgan fingerprint density at radius 2 is 1.54 bits per heavy atom. The Balaban J connectivity index is 1.72. The maximum atomic E-state index is 13.2. The third-order valence-corrected chi connectivity index (χ3v) is 6.56. The zero-order valence-electron chi connectivity index (χ0n) is 15.6. The summed E-state index contributed by atoms with van der Waals surface area (Å²) in [6.45, 7) is 2.14. The van der Waals surface area contributed by atoms with Crippen LogP contribution in [0.4, 0.5) is 10.4 Å². The number of hydrogen-bond acceptors (Lipinski definition) is 3. The van der Waals surface area contributed by atoms with Crippen LogP contribution in [0.5, 0.6) is 0 Å². The molecule has 0 saturated carbocycles. The van der Waals surface area contributed by atoms with Gasteiger partial charge in [-0.1, -0.05) is 0 Å². The van der Waals surface area contributed by atoms with Crippen molar-refractivity contribution >= 4 is 30.7 Å². The Hall–Kier alpha value is -2.94. The van der Waals surface area contributed by atoms with E-state index in [9.17, 15) is 4.79 Å². The zero-order chi connectivity index (χ0) is 19.3. The Morgan fingerprint density at radius 3 is 2.18 bits per heavy atom. The van der Waals surface area contributed by atoms with E-state index in [-0.39, 0.29) is 20.3 Å². The molecular formula is C24H20N2OSe. The average Bonchev–Trinajstić information content (AvgIpc) is 3.19. The van der Waals surface area contributed by atoms with E-state index in [1.165, 1.54) is 5.56 Å². The third-order valence-electron chi connectivity index (χ3n) is 4.53. The molecule has 138 valence electrons. The molecule has 0 unspecified atom stereocenters. The zero-order valence-corrected chi connectivity index (χ0v) is 17.3. The van der Waals surface area contributed by atoms with Gasteiger partial charge in [0, 0.05) is 0 Å². The molecule has 0 saturated heterocycles. The summed E-state index contributed by atoms with van der Waals surface area (Å²) in [7, 11) is 0. The van der Waals surface area contributed by atoms with Crippen molar-refractivity contribution in [3.05, 3.63) is 100 Å². The first-order valence-electron chi connectivity index (χ1n) is 9.26. The number of aromatic nitrogens is 1. The molecule has 0 fully saturated rings. The van der Waals surface area contributed by atoms with Crippen LogP contribution in [-0.4, -0.2) is 25.3 Å². The number of nitrogens with zero attached hydrogens (tertiary/aromatic N) is 1. The van der Waals surface area contributed by atoms with Crippen molar-refractivity contribution in [1.82, 2.24) is 4.98 Å². The minimum absolute atomic E-state index is 0.0568. The van der Waals surface area contributed by atoms with Gasteiger partial charge in [-0.15, -0.1) is 0 Å². The minimum atomic E-state index is -0.179. The third kappa shape index (κ3) is 3.99. The Labute approximate surface area is 170 Å². The van der Waals surface area contributed by atoms with Crippen molar-refractivity contribution in [3.63, 3.8) is 0 Å². The van der Waals surface area contributed by atoms with E-state index in [2.05, 4.69) is 36.5 Å². The number of hydrogen-bond donors (Lipinski definition) is 1. The van der Waals surface area contributed by atoms with Crippen molar-refractivity contribution in [3.8, 4) is 11.3 Å². The van der Waals surface area contributed by atoms with Crippen molar-refractivity contribution in [2.24, 2.45) is 0 Å². The first-order valence-corrected chi connectivity index (χ1v) is 11.0. The van der Waals surface area contributed by atoms with E-state index >= 15 is 0 Å². The van der Waals surface area contributed by atoms with Gasteiger partial charge in [-0.25, -0.2) is 0 Å². The molecule has 0 radical (unpaired) electrons. The number of rotatable bonds is 6. The van der Waals surface area contributed by atoms with Crippen molar-refractivity contribution in [2.45, 2.75) is 13.3 Å². The Kier molecular flexibility index (Phi) is 5.52. The summed E-state index contributed by atoms with van der Waals surface area (Å²) in [6, 6.07) is 27.7. The fourth-order valence-electron chi connectivity index (χ4n) is 2.99. The SMILES string of the molecule is CCc1ccc(Nc2nc(-c3ccccc3)c(C(=O)c3ccccc3)[se]2)cc1. The molecule has 3 nitrogen and oxygen atoms in total. The summed E-state index contributed by atoms with van der Waals surface area (Å²) in [5, 5.41) is 3.41. The molecule has 1 heterocycles. The van der Waals surface area contributed by atoms with Gasteiger partial charge in [0.25, 0.3) is 0 Å². The number of anilines is 2. The number of carbonyl (C=O) groups excluding carboxylic acids is 1. The molecule has 4 heteroatoms. The first kappa shape index (κ1) is 18.4. The average molecular weight is 431 g/mol. The van der Waals surface area contributed by atoms with Gasteiger partial charge in [0.1, 0.15) is 0 Å². The van der Waals surface area contributed by atoms with Gasteiger partial charge >= 0.3 is 171 Å². The molecule has 28 heavy (non-hydrogen) atoms. The fourth-order valence-corrected chi connectivity index (χ4v) is 5.02. The Morgan fingerprint density at radius 1 is 0.893 bits per heavy atom. The predicted octanol–water partition coefficient (Wildman–Crippen LogP) is 5.34. The number of aryl methyl sites for hydroxylation is 1. The number of nitrogens with one attached hydrogen (secondary N) is 1. The van der Waals surface area contributed by atoms with Gasteiger partial charge in [0.15, 0.2) is 0 Å². The molecule has 0 aliphatic carbocycles. The first-order chi connectivity index (χ1) is 13.7. The summed E-state index contributed by atoms with van der Waals surface area (Å²) in [5.41, 5.74) is 4.76. The molecule has 3 aromatic carbocycles. The van der Waals surface area contributed by atoms with Gasteiger partial charge < -0.3 is 0 Å². The predicted molar refractivity (Wildman–Crippen MR) is 116 cm³/mol. The van der Waals surface area contributed by atoms with E-state index < -0.39 is 0 Å². The molecule has 0 spiro atoms. The van der Waals surface area contributed by atoms with E-state index in [1.54, 1.807) is 0 Å². The van der Waals surface area contributed by atoms with Crippen LogP contribution in [0.3, 0.4) is 0 Å². The number of carbonyl (C=O) groups is 1. The van der Waals surface area contributed by atoms with Crippen LogP contribution in [0.15, 0.2) is 84.9 Å². The second-order valence-electron chi connectivity index (χ2n) is 6.43. The second-order valence-corrected chi connectivity index (χ2v) is 8.53. The van der Waals surface area contributed by atoms with Crippen molar-refractivity contribution < 1.29 is 4.79 Å². The summed E-state index contributed by atoms with van der Waals surface area (Å²) in [6.07, 6.45) is 1.01. The molecule has 4 aromatic rings. The molecule has 0 bridgehead atoms. The topological polar surface area (TPSA) is 42.0 Å². The van der Waals surface area contributed by atoms with Crippen LogP contribution in [0, 0.1) is 0 Å². The summed E-state index contributed by atoms with van der Waals surface area (Å²) >= 11 is -0.179. The molecule has 1 aromatic heterocycles. The molecule has 1 N–H and O–H groups in total. The van der Waals surface area contributed by atoms with E-state index in [0.717, 1.165) is 32.5 Å². The fraction of sp³-hybridized carbons (Fsp3) is 0.0833. The number of benzene rings is 3. The summed E-state index contributed by atoms with van der Waals surface area (Å²) < 4.78 is 1.65. The van der Waals surface area contributed by atoms with E-state index in [4.69, 9.17) is 4.98 Å². The van der Waals surface area contributed by atoms with Crippen LogP contribution in [0.2, 0.25) is 0 Å². The molecule has 0 aliphatic rings. The summed E-state index contributed by atoms with van der Waals surface area (Å²) in [5.74, 6) is 0.0568. The molecule has 0 aliphatic heterocycles. The van der Waals surface area contributed by atoms with Gasteiger partial charge in [-0.3, -0.25) is 0 Å². The van der Waals surface area contributed by atoms with Crippen LogP contribution in [0.25, 0.3) is 11.3 Å². The Bertz CT molecular complexity index is 1070. The van der Waals surface area contributed by atoms with E-state index in [0.29, 0.717) is 5.56 Å². The monoisotopic (exact) mass is 432 g/mol. The maximum absolute atomic E-state index is 13.2. The summed E-state index contributed by atoms with van der Waals surface area (Å²) in [4.78, 5) is 18.0. The normalized spacial score (nSPS) is 10.6. The quantitative estimate of drug-likeness (QED) is 0.331. The van der Waals surface area contributed by atoms with Crippen molar-refractivity contribution in [1.29, 1.82) is 0 Å². The standard InChI is InChI=1S/C24H20N2OSe/c1-2-17-13-15-20(16-14-17)25-24-26-21(18-9-5-3-6-10-18)23(28-24)22(27)19-11-7-4-8-12-19/h3-16H,2H2,1H3,(H,25,26). The van der Waals surface area contributed by atoms with E-state index in [1.807, 2.05) is 60.7 Å². The van der Waals surface area contributed by atoms with Crippen LogP contribution < -0.4 is 5.32 Å². The molecule has 4 rings (SSSR count). The number of ketones is 1. The molecule has 0 amide bonds.